The molecular weight excluding hydrogens is 323 g/mol. The highest BCUT2D eigenvalue weighted by Crippen LogP contribution is 2.35. The molecule has 0 N–H and O–H groups in total. The minimum absolute atomic E-state index is 0.0575. The van der Waals surface area contributed by atoms with Crippen molar-refractivity contribution in [3.8, 4) is 11.5 Å². The summed E-state index contributed by atoms with van der Waals surface area (Å²) in [5.74, 6) is -0.374. The first-order chi connectivity index (χ1) is 10.8. The zero-order valence-corrected chi connectivity index (χ0v) is 12.8. The van der Waals surface area contributed by atoms with Gasteiger partial charge in [-0.1, -0.05) is 12.1 Å². The molecule has 0 aliphatic carbocycles. The lowest BCUT2D eigenvalue weighted by Gasteiger charge is -2.03. The van der Waals surface area contributed by atoms with Gasteiger partial charge in [0, 0.05) is 6.07 Å². The molecule has 0 bridgehead atoms. The SMILES string of the molecule is CS(=O)(=O)Oc1ccc2c(c1)O/C(=C\c1ccc(F)cc1)C2=O. The Labute approximate surface area is 132 Å². The monoisotopic (exact) mass is 334 g/mol. The normalized spacial score (nSPS) is 15.4. The molecule has 0 spiro atoms. The summed E-state index contributed by atoms with van der Waals surface area (Å²) in [6, 6.07) is 9.72. The second kappa shape index (κ2) is 5.51. The van der Waals surface area contributed by atoms with Crippen LogP contribution in [0.15, 0.2) is 48.2 Å². The standard InChI is InChI=1S/C16H11FO5S/c1-23(19,20)22-12-6-7-13-14(9-12)21-15(16(13)18)8-10-2-4-11(17)5-3-10/h2-9H,1H3/b15-8-. The van der Waals surface area contributed by atoms with Crippen LogP contribution in [0, 0.1) is 5.82 Å². The summed E-state index contributed by atoms with van der Waals surface area (Å²) in [4.78, 5) is 12.2. The first-order valence-electron chi connectivity index (χ1n) is 6.55. The Bertz CT molecular complexity index is 914. The highest BCUT2D eigenvalue weighted by atomic mass is 32.2. The molecule has 0 radical (unpaired) electrons. The van der Waals surface area contributed by atoms with Crippen LogP contribution in [-0.2, 0) is 10.1 Å². The number of Topliss-reactive ketones (excluding diaryl/α,β-unsaturated/α-hetero) is 1. The highest BCUT2D eigenvalue weighted by Gasteiger charge is 2.28. The van der Waals surface area contributed by atoms with Crippen LogP contribution < -0.4 is 8.92 Å². The van der Waals surface area contributed by atoms with E-state index in [1.54, 1.807) is 0 Å². The van der Waals surface area contributed by atoms with Crippen LogP contribution in [0.4, 0.5) is 4.39 Å². The maximum atomic E-state index is 12.9. The number of carbonyl (C=O) groups is 1. The Morgan fingerprint density at radius 3 is 2.48 bits per heavy atom. The highest BCUT2D eigenvalue weighted by molar-refractivity contribution is 7.86. The molecule has 0 saturated heterocycles. The molecule has 1 heterocycles. The quantitative estimate of drug-likeness (QED) is 0.638. The molecule has 3 rings (SSSR count). The van der Waals surface area contributed by atoms with Crippen molar-refractivity contribution in [2.45, 2.75) is 0 Å². The van der Waals surface area contributed by atoms with Crippen LogP contribution in [0.2, 0.25) is 0 Å². The number of hydrogen-bond acceptors (Lipinski definition) is 5. The van der Waals surface area contributed by atoms with Crippen LogP contribution in [-0.4, -0.2) is 20.5 Å². The van der Waals surface area contributed by atoms with E-state index in [-0.39, 0.29) is 28.9 Å². The van der Waals surface area contributed by atoms with Crippen molar-refractivity contribution < 1.29 is 26.5 Å². The van der Waals surface area contributed by atoms with E-state index < -0.39 is 10.1 Å². The molecule has 1 aliphatic rings. The Morgan fingerprint density at radius 1 is 1.13 bits per heavy atom. The van der Waals surface area contributed by atoms with Crippen molar-refractivity contribution in [2.75, 3.05) is 6.26 Å². The van der Waals surface area contributed by atoms with E-state index in [1.165, 1.54) is 48.5 Å². The molecule has 2 aromatic rings. The summed E-state index contributed by atoms with van der Waals surface area (Å²) >= 11 is 0. The second-order valence-corrected chi connectivity index (χ2v) is 6.51. The molecule has 0 saturated carbocycles. The van der Waals surface area contributed by atoms with Gasteiger partial charge in [0.2, 0.25) is 5.78 Å². The van der Waals surface area contributed by atoms with Crippen LogP contribution in [0.5, 0.6) is 11.5 Å². The predicted molar refractivity (Wildman–Crippen MR) is 81.2 cm³/mol. The summed E-state index contributed by atoms with van der Waals surface area (Å²) in [5, 5.41) is 0. The molecule has 7 heteroatoms. The lowest BCUT2D eigenvalue weighted by atomic mass is 10.1. The summed E-state index contributed by atoms with van der Waals surface area (Å²) in [6.07, 6.45) is 2.41. The van der Waals surface area contributed by atoms with Gasteiger partial charge in [-0.3, -0.25) is 4.79 Å². The predicted octanol–water partition coefficient (Wildman–Crippen LogP) is 2.78. The summed E-state index contributed by atoms with van der Waals surface area (Å²) < 4.78 is 45.3. The summed E-state index contributed by atoms with van der Waals surface area (Å²) in [6.45, 7) is 0. The number of fused-ring (bicyclic) bond motifs is 1. The van der Waals surface area contributed by atoms with Gasteiger partial charge in [0.1, 0.15) is 17.3 Å². The van der Waals surface area contributed by atoms with Gasteiger partial charge in [0.25, 0.3) is 0 Å². The fraction of sp³-hybridized carbons (Fsp3) is 0.0625. The average molecular weight is 334 g/mol. The number of halogens is 1. The van der Waals surface area contributed by atoms with E-state index >= 15 is 0 Å². The van der Waals surface area contributed by atoms with Gasteiger partial charge in [-0.2, -0.15) is 8.42 Å². The molecular formula is C16H11FO5S. The minimum atomic E-state index is -3.66. The van der Waals surface area contributed by atoms with Gasteiger partial charge < -0.3 is 8.92 Å². The Balaban J connectivity index is 1.91. The number of rotatable bonds is 3. The van der Waals surface area contributed by atoms with Crippen molar-refractivity contribution in [3.63, 3.8) is 0 Å². The molecule has 1 aliphatic heterocycles. The van der Waals surface area contributed by atoms with E-state index in [2.05, 4.69) is 0 Å². The molecule has 0 unspecified atom stereocenters. The number of hydrogen-bond donors (Lipinski definition) is 0. The molecule has 0 fully saturated rings. The van der Waals surface area contributed by atoms with E-state index in [0.29, 0.717) is 11.1 Å². The van der Waals surface area contributed by atoms with Gasteiger partial charge >= 0.3 is 10.1 Å². The topological polar surface area (TPSA) is 69.7 Å². The largest absolute Gasteiger partial charge is 0.452 e. The van der Waals surface area contributed by atoms with Gasteiger partial charge in [-0.15, -0.1) is 0 Å². The van der Waals surface area contributed by atoms with Crippen molar-refractivity contribution in [1.29, 1.82) is 0 Å². The molecule has 118 valence electrons. The molecule has 0 aromatic heterocycles. The van der Waals surface area contributed by atoms with Gasteiger partial charge in [-0.25, -0.2) is 4.39 Å². The second-order valence-electron chi connectivity index (χ2n) is 4.94. The first kappa shape index (κ1) is 15.2. The van der Waals surface area contributed by atoms with E-state index in [4.69, 9.17) is 8.92 Å². The lowest BCUT2D eigenvalue weighted by Crippen LogP contribution is -2.05. The minimum Gasteiger partial charge on any atom is -0.452 e. The van der Waals surface area contributed by atoms with Gasteiger partial charge in [0.15, 0.2) is 5.76 Å². The number of ether oxygens (including phenoxy) is 1. The zero-order chi connectivity index (χ0) is 16.6. The van der Waals surface area contributed by atoms with Crippen LogP contribution in [0.25, 0.3) is 6.08 Å². The van der Waals surface area contributed by atoms with Gasteiger partial charge in [-0.05, 0) is 35.9 Å². The maximum absolute atomic E-state index is 12.9. The van der Waals surface area contributed by atoms with Crippen molar-refractivity contribution in [3.05, 3.63) is 65.2 Å². The molecule has 0 atom stereocenters. The van der Waals surface area contributed by atoms with E-state index in [1.807, 2.05) is 0 Å². The smallest absolute Gasteiger partial charge is 0.306 e. The maximum Gasteiger partial charge on any atom is 0.306 e. The van der Waals surface area contributed by atoms with Crippen LogP contribution >= 0.6 is 0 Å². The summed E-state index contributed by atoms with van der Waals surface area (Å²) in [7, 11) is -3.66. The number of benzene rings is 2. The van der Waals surface area contributed by atoms with Gasteiger partial charge in [0.05, 0.1) is 11.8 Å². The van der Waals surface area contributed by atoms with E-state index in [0.717, 1.165) is 6.26 Å². The lowest BCUT2D eigenvalue weighted by molar-refractivity contribution is 0.101. The molecule has 2 aromatic carbocycles. The zero-order valence-electron chi connectivity index (χ0n) is 11.9. The Morgan fingerprint density at radius 2 is 1.83 bits per heavy atom. The fourth-order valence-electron chi connectivity index (χ4n) is 2.10. The first-order valence-corrected chi connectivity index (χ1v) is 8.37. The molecule has 5 nitrogen and oxygen atoms in total. The average Bonchev–Trinajstić information content (AvgIpc) is 2.76. The Kier molecular flexibility index (Phi) is 3.65. The third-order valence-electron chi connectivity index (χ3n) is 3.06. The molecule has 23 heavy (non-hydrogen) atoms. The van der Waals surface area contributed by atoms with Crippen molar-refractivity contribution in [1.82, 2.24) is 0 Å². The van der Waals surface area contributed by atoms with E-state index in [9.17, 15) is 17.6 Å². The van der Waals surface area contributed by atoms with Crippen LogP contribution in [0.1, 0.15) is 15.9 Å². The molecule has 0 amide bonds. The number of ketones is 1. The number of carbonyl (C=O) groups excluding carboxylic acids is 1. The summed E-state index contributed by atoms with van der Waals surface area (Å²) in [5.41, 5.74) is 0.911. The third kappa shape index (κ3) is 3.40. The Hall–Kier alpha value is -2.67. The number of allylic oxidation sites excluding steroid dienone is 1. The third-order valence-corrected chi connectivity index (χ3v) is 3.55. The van der Waals surface area contributed by atoms with Crippen molar-refractivity contribution in [2.24, 2.45) is 0 Å². The fourth-order valence-corrected chi connectivity index (χ4v) is 2.56. The van der Waals surface area contributed by atoms with Crippen molar-refractivity contribution >= 4 is 22.0 Å². The van der Waals surface area contributed by atoms with Crippen LogP contribution in [0.3, 0.4) is 0 Å².